The number of ether oxygens (including phenoxy) is 1. The molecule has 2 aromatic heterocycles. The fraction of sp³-hybridized carbons (Fsp3) is 0.158. The lowest BCUT2D eigenvalue weighted by Crippen LogP contribution is -2.32. The number of carbonyl (C=O) groups excluding carboxylic acids is 2. The lowest BCUT2D eigenvalue weighted by Gasteiger charge is -2.18. The van der Waals surface area contributed by atoms with Crippen molar-refractivity contribution in [2.24, 2.45) is 0 Å². The van der Waals surface area contributed by atoms with Crippen molar-refractivity contribution in [3.05, 3.63) is 80.4 Å². The van der Waals surface area contributed by atoms with Gasteiger partial charge in [-0.1, -0.05) is 18.2 Å². The molecule has 3 aromatic rings. The van der Waals surface area contributed by atoms with Gasteiger partial charge in [0.25, 0.3) is 5.91 Å². The maximum Gasteiger partial charge on any atom is 0.310 e. The molecule has 1 atom stereocenters. The number of halogens is 1. The van der Waals surface area contributed by atoms with Crippen molar-refractivity contribution in [1.29, 1.82) is 0 Å². The lowest BCUT2D eigenvalue weighted by atomic mass is 10.1. The van der Waals surface area contributed by atoms with E-state index in [0.29, 0.717) is 0 Å². The van der Waals surface area contributed by atoms with Crippen LogP contribution in [0.5, 0.6) is 0 Å². The molecule has 2 heterocycles. The van der Waals surface area contributed by atoms with Gasteiger partial charge in [0.1, 0.15) is 5.82 Å². The second-order valence-electron chi connectivity index (χ2n) is 5.54. The molecule has 0 aliphatic heterocycles. The van der Waals surface area contributed by atoms with Crippen molar-refractivity contribution in [3.8, 4) is 0 Å². The Hall–Kier alpha value is -2.51. The highest BCUT2D eigenvalue weighted by Gasteiger charge is 2.19. The van der Waals surface area contributed by atoms with Crippen molar-refractivity contribution < 1.29 is 18.7 Å². The molecule has 0 aliphatic carbocycles. The van der Waals surface area contributed by atoms with Crippen LogP contribution in [-0.2, 0) is 20.7 Å². The maximum atomic E-state index is 13.2. The Labute approximate surface area is 158 Å². The second-order valence-corrected chi connectivity index (χ2v) is 7.30. The summed E-state index contributed by atoms with van der Waals surface area (Å²) in [6.45, 7) is -0.355. The monoisotopic (exact) mass is 389 g/mol. The highest BCUT2D eigenvalue weighted by atomic mass is 32.1. The molecule has 0 saturated carbocycles. The molecule has 1 amide bonds. The van der Waals surface area contributed by atoms with E-state index in [1.165, 1.54) is 34.8 Å². The van der Waals surface area contributed by atoms with Gasteiger partial charge in [-0.3, -0.25) is 9.59 Å². The van der Waals surface area contributed by atoms with E-state index in [2.05, 4.69) is 5.32 Å². The van der Waals surface area contributed by atoms with Crippen molar-refractivity contribution in [2.75, 3.05) is 6.61 Å². The van der Waals surface area contributed by atoms with Gasteiger partial charge >= 0.3 is 5.97 Å². The van der Waals surface area contributed by atoms with Crippen LogP contribution in [0.1, 0.15) is 22.0 Å². The van der Waals surface area contributed by atoms with Gasteiger partial charge in [-0.05, 0) is 51.5 Å². The lowest BCUT2D eigenvalue weighted by molar-refractivity contribution is -0.148. The molecule has 0 aliphatic rings. The molecule has 0 radical (unpaired) electrons. The van der Waals surface area contributed by atoms with Gasteiger partial charge in [0.2, 0.25) is 0 Å². The topological polar surface area (TPSA) is 55.4 Å². The molecule has 134 valence electrons. The van der Waals surface area contributed by atoms with E-state index in [1.54, 1.807) is 12.1 Å². The first-order chi connectivity index (χ1) is 12.6. The highest BCUT2D eigenvalue weighted by molar-refractivity contribution is 7.10. The summed E-state index contributed by atoms with van der Waals surface area (Å²) in [5, 5.41) is 8.49. The van der Waals surface area contributed by atoms with Crippen molar-refractivity contribution in [3.63, 3.8) is 0 Å². The summed E-state index contributed by atoms with van der Waals surface area (Å²) in [5.74, 6) is -1.20. The maximum absolute atomic E-state index is 13.2. The molecule has 4 nitrogen and oxygen atoms in total. The second kappa shape index (κ2) is 8.73. The molecular weight excluding hydrogens is 373 g/mol. The van der Waals surface area contributed by atoms with Gasteiger partial charge in [-0.2, -0.15) is 11.3 Å². The van der Waals surface area contributed by atoms with E-state index in [9.17, 15) is 14.0 Å². The van der Waals surface area contributed by atoms with Gasteiger partial charge in [0.05, 0.1) is 12.5 Å². The summed E-state index contributed by atoms with van der Waals surface area (Å²) in [6, 6.07) is 11.1. The number of benzene rings is 1. The zero-order chi connectivity index (χ0) is 18.4. The quantitative estimate of drug-likeness (QED) is 0.623. The zero-order valence-corrected chi connectivity index (χ0v) is 15.3. The molecule has 0 unspecified atom stereocenters. The third-order valence-electron chi connectivity index (χ3n) is 3.63. The van der Waals surface area contributed by atoms with Gasteiger partial charge in [0.15, 0.2) is 6.61 Å². The smallest absolute Gasteiger partial charge is 0.310 e. The van der Waals surface area contributed by atoms with E-state index in [-0.39, 0.29) is 18.8 Å². The molecular formula is C19H16FNO3S2. The fourth-order valence-corrected chi connectivity index (χ4v) is 3.86. The van der Waals surface area contributed by atoms with Gasteiger partial charge in [-0.25, -0.2) is 4.39 Å². The van der Waals surface area contributed by atoms with Crippen LogP contribution in [0.4, 0.5) is 4.39 Å². The Balaban J connectivity index is 1.60. The Morgan fingerprint density at radius 3 is 2.58 bits per heavy atom. The van der Waals surface area contributed by atoms with Crippen molar-refractivity contribution >= 4 is 34.6 Å². The third-order valence-corrected chi connectivity index (χ3v) is 5.30. The predicted octanol–water partition coefficient (Wildman–Crippen LogP) is 3.94. The molecule has 26 heavy (non-hydrogen) atoms. The van der Waals surface area contributed by atoms with Crippen LogP contribution < -0.4 is 5.32 Å². The first-order valence-electron chi connectivity index (χ1n) is 7.87. The van der Waals surface area contributed by atoms with Crippen LogP contribution in [0.2, 0.25) is 0 Å². The normalized spacial score (nSPS) is 11.7. The highest BCUT2D eigenvalue weighted by Crippen LogP contribution is 2.26. The summed E-state index contributed by atoms with van der Waals surface area (Å²) in [7, 11) is 0. The van der Waals surface area contributed by atoms with E-state index < -0.39 is 17.9 Å². The van der Waals surface area contributed by atoms with Crippen LogP contribution in [0.3, 0.4) is 0 Å². The van der Waals surface area contributed by atoms with Gasteiger partial charge < -0.3 is 10.1 Å². The molecule has 3 rings (SSSR count). The minimum absolute atomic E-state index is 0.142. The SMILES string of the molecule is O=C(COC(=O)Cc1ccsc1)N[C@H](c1ccc(F)cc1)c1cccs1. The number of thiophene rings is 2. The first-order valence-corrected chi connectivity index (χ1v) is 9.69. The molecule has 0 spiro atoms. The van der Waals surface area contributed by atoms with Crippen molar-refractivity contribution in [2.45, 2.75) is 12.5 Å². The third kappa shape index (κ3) is 5.00. The standard InChI is InChI=1S/C19H16FNO3S2/c20-15-5-3-14(4-6-15)19(16-2-1-8-26-16)21-17(22)11-24-18(23)10-13-7-9-25-12-13/h1-9,12,19H,10-11H2,(H,21,22)/t19-/m1/s1. The molecule has 0 bridgehead atoms. The number of hydrogen-bond donors (Lipinski definition) is 1. The largest absolute Gasteiger partial charge is 0.455 e. The van der Waals surface area contributed by atoms with E-state index in [4.69, 9.17) is 4.74 Å². The van der Waals surface area contributed by atoms with Crippen LogP contribution in [-0.4, -0.2) is 18.5 Å². The molecule has 0 fully saturated rings. The van der Waals surface area contributed by atoms with Crippen LogP contribution in [0.25, 0.3) is 0 Å². The predicted molar refractivity (Wildman–Crippen MR) is 99.7 cm³/mol. The number of nitrogens with one attached hydrogen (secondary N) is 1. The number of carbonyl (C=O) groups is 2. The van der Waals surface area contributed by atoms with Gasteiger partial charge in [0, 0.05) is 4.88 Å². The molecule has 1 N–H and O–H groups in total. The molecule has 1 aromatic carbocycles. The summed E-state index contributed by atoms with van der Waals surface area (Å²) in [6.07, 6.45) is 0.142. The Morgan fingerprint density at radius 1 is 1.12 bits per heavy atom. The number of amides is 1. The van der Waals surface area contributed by atoms with E-state index in [1.807, 2.05) is 34.3 Å². The Kier molecular flexibility index (Phi) is 6.14. The van der Waals surface area contributed by atoms with Crippen LogP contribution in [0, 0.1) is 5.82 Å². The summed E-state index contributed by atoms with van der Waals surface area (Å²) < 4.78 is 18.2. The number of rotatable bonds is 7. The number of esters is 1. The minimum atomic E-state index is -0.451. The first kappa shape index (κ1) is 18.3. The summed E-state index contributed by atoms with van der Waals surface area (Å²) in [5.41, 5.74) is 1.62. The Bertz CT molecular complexity index is 846. The summed E-state index contributed by atoms with van der Waals surface area (Å²) >= 11 is 2.98. The number of hydrogen-bond acceptors (Lipinski definition) is 5. The average Bonchev–Trinajstić information content (AvgIpc) is 3.33. The molecule has 0 saturated heterocycles. The van der Waals surface area contributed by atoms with Crippen molar-refractivity contribution in [1.82, 2.24) is 5.32 Å². The molecule has 7 heteroatoms. The fourth-order valence-electron chi connectivity index (χ4n) is 2.39. The average molecular weight is 389 g/mol. The van der Waals surface area contributed by atoms with Gasteiger partial charge in [-0.15, -0.1) is 11.3 Å². The van der Waals surface area contributed by atoms with E-state index in [0.717, 1.165) is 16.0 Å². The summed E-state index contributed by atoms with van der Waals surface area (Å²) in [4.78, 5) is 25.0. The minimum Gasteiger partial charge on any atom is -0.455 e. The van der Waals surface area contributed by atoms with E-state index >= 15 is 0 Å². The van der Waals surface area contributed by atoms with Crippen LogP contribution >= 0.6 is 22.7 Å². The van der Waals surface area contributed by atoms with Crippen LogP contribution in [0.15, 0.2) is 58.6 Å². The Morgan fingerprint density at radius 2 is 1.92 bits per heavy atom. The zero-order valence-electron chi connectivity index (χ0n) is 13.7.